The van der Waals surface area contributed by atoms with Crippen molar-refractivity contribution in [2.24, 2.45) is 5.73 Å². The van der Waals surface area contributed by atoms with Gasteiger partial charge in [0, 0.05) is 30.1 Å². The molecule has 0 aliphatic rings. The lowest BCUT2D eigenvalue weighted by molar-refractivity contribution is 1.01. The number of rotatable bonds is 2. The first-order valence-corrected chi connectivity index (χ1v) is 4.87. The lowest BCUT2D eigenvalue weighted by Gasteiger charge is -2.01. The van der Waals surface area contributed by atoms with E-state index in [0.29, 0.717) is 6.54 Å². The molecule has 1 aromatic carbocycles. The third-order valence-corrected chi connectivity index (χ3v) is 2.22. The lowest BCUT2D eigenvalue weighted by Crippen LogP contribution is -1.99. The zero-order valence-corrected chi connectivity index (χ0v) is 8.64. The topological polar surface area (TPSA) is 51.8 Å². The Morgan fingerprint density at radius 3 is 2.53 bits per heavy atom. The van der Waals surface area contributed by atoms with Crippen LogP contribution in [0.25, 0.3) is 11.4 Å². The van der Waals surface area contributed by atoms with Crippen LogP contribution in [0.5, 0.6) is 0 Å². The largest absolute Gasteiger partial charge is 0.326 e. The van der Waals surface area contributed by atoms with E-state index in [4.69, 9.17) is 5.73 Å². The van der Waals surface area contributed by atoms with Crippen molar-refractivity contribution in [3.8, 4) is 11.4 Å². The molecule has 0 bridgehead atoms. The van der Waals surface area contributed by atoms with Crippen molar-refractivity contribution >= 4 is 0 Å². The minimum Gasteiger partial charge on any atom is -0.326 e. The van der Waals surface area contributed by atoms with Crippen LogP contribution in [0.15, 0.2) is 36.7 Å². The van der Waals surface area contributed by atoms with Crippen LogP contribution in [0, 0.1) is 6.92 Å². The highest BCUT2D eigenvalue weighted by molar-refractivity contribution is 5.55. The van der Waals surface area contributed by atoms with Gasteiger partial charge in [0.25, 0.3) is 0 Å². The normalized spacial score (nSPS) is 10.3. The maximum Gasteiger partial charge on any atom is 0.159 e. The first kappa shape index (κ1) is 9.80. The summed E-state index contributed by atoms with van der Waals surface area (Å²) in [6.07, 6.45) is 3.54. The number of nitrogens with zero attached hydrogens (tertiary/aromatic N) is 2. The molecule has 0 amide bonds. The average molecular weight is 199 g/mol. The summed E-state index contributed by atoms with van der Waals surface area (Å²) in [5, 5.41) is 0. The molecule has 2 N–H and O–H groups in total. The molecule has 1 heterocycles. The number of hydrogen-bond acceptors (Lipinski definition) is 3. The molecule has 3 heteroatoms. The van der Waals surface area contributed by atoms with Crippen LogP contribution in [-0.2, 0) is 6.54 Å². The Bertz CT molecular complexity index is 449. The van der Waals surface area contributed by atoms with E-state index in [-0.39, 0.29) is 0 Å². The van der Waals surface area contributed by atoms with Crippen LogP contribution in [0.3, 0.4) is 0 Å². The van der Waals surface area contributed by atoms with Gasteiger partial charge in [0.2, 0.25) is 0 Å². The van der Waals surface area contributed by atoms with Crippen LogP contribution in [0.4, 0.5) is 0 Å². The highest BCUT2D eigenvalue weighted by Gasteiger charge is 2.00. The number of hydrogen-bond donors (Lipinski definition) is 1. The summed E-state index contributed by atoms with van der Waals surface area (Å²) >= 11 is 0. The highest BCUT2D eigenvalue weighted by atomic mass is 14.9. The van der Waals surface area contributed by atoms with Crippen molar-refractivity contribution in [2.75, 3.05) is 0 Å². The summed E-state index contributed by atoms with van der Waals surface area (Å²) in [5.74, 6) is 0.746. The Kier molecular flexibility index (Phi) is 2.74. The van der Waals surface area contributed by atoms with Gasteiger partial charge in [-0.15, -0.1) is 0 Å². The molecule has 1 aromatic heterocycles. The van der Waals surface area contributed by atoms with E-state index in [0.717, 1.165) is 17.0 Å². The highest BCUT2D eigenvalue weighted by Crippen LogP contribution is 2.15. The van der Waals surface area contributed by atoms with Crippen LogP contribution in [0.2, 0.25) is 0 Å². The summed E-state index contributed by atoms with van der Waals surface area (Å²) in [4.78, 5) is 8.54. The predicted molar refractivity (Wildman–Crippen MR) is 60.1 cm³/mol. The summed E-state index contributed by atoms with van der Waals surface area (Å²) in [6.45, 7) is 2.53. The summed E-state index contributed by atoms with van der Waals surface area (Å²) < 4.78 is 0. The Morgan fingerprint density at radius 2 is 1.93 bits per heavy atom. The molecule has 2 rings (SSSR count). The van der Waals surface area contributed by atoms with E-state index in [1.165, 1.54) is 5.56 Å². The second-order valence-electron chi connectivity index (χ2n) is 3.49. The van der Waals surface area contributed by atoms with Gasteiger partial charge in [0.1, 0.15) is 0 Å². The van der Waals surface area contributed by atoms with Crippen LogP contribution in [-0.4, -0.2) is 9.97 Å². The molecule has 0 spiro atoms. The van der Waals surface area contributed by atoms with E-state index in [1.54, 1.807) is 12.4 Å². The molecule has 0 saturated carbocycles. The smallest absolute Gasteiger partial charge is 0.159 e. The van der Waals surface area contributed by atoms with Crippen LogP contribution >= 0.6 is 0 Å². The van der Waals surface area contributed by atoms with E-state index >= 15 is 0 Å². The number of nitrogens with two attached hydrogens (primary N) is 1. The Hall–Kier alpha value is -1.74. The van der Waals surface area contributed by atoms with Crippen LogP contribution < -0.4 is 5.73 Å². The van der Waals surface area contributed by atoms with Crippen LogP contribution in [0.1, 0.15) is 11.1 Å². The van der Waals surface area contributed by atoms with Crippen molar-refractivity contribution < 1.29 is 0 Å². The fraction of sp³-hybridized carbons (Fsp3) is 0.167. The maximum absolute atomic E-state index is 5.48. The fourth-order valence-corrected chi connectivity index (χ4v) is 1.39. The molecule has 0 radical (unpaired) electrons. The Balaban J connectivity index is 2.37. The molecule has 3 nitrogen and oxygen atoms in total. The third kappa shape index (κ3) is 2.19. The predicted octanol–water partition coefficient (Wildman–Crippen LogP) is 1.91. The molecule has 0 unspecified atom stereocenters. The van der Waals surface area contributed by atoms with E-state index in [2.05, 4.69) is 29.0 Å². The van der Waals surface area contributed by atoms with Gasteiger partial charge in [0.15, 0.2) is 5.82 Å². The molecule has 2 aromatic rings. The van der Waals surface area contributed by atoms with Crippen molar-refractivity contribution in [1.29, 1.82) is 0 Å². The van der Waals surface area contributed by atoms with E-state index in [9.17, 15) is 0 Å². The lowest BCUT2D eigenvalue weighted by atomic mass is 10.1. The van der Waals surface area contributed by atoms with Crippen molar-refractivity contribution in [3.05, 3.63) is 47.8 Å². The van der Waals surface area contributed by atoms with Gasteiger partial charge in [-0.2, -0.15) is 0 Å². The van der Waals surface area contributed by atoms with Gasteiger partial charge in [-0.3, -0.25) is 0 Å². The molecular formula is C12H13N3. The Morgan fingerprint density at radius 1 is 1.20 bits per heavy atom. The van der Waals surface area contributed by atoms with Crippen molar-refractivity contribution in [2.45, 2.75) is 13.5 Å². The molecule has 0 aliphatic heterocycles. The van der Waals surface area contributed by atoms with Gasteiger partial charge < -0.3 is 5.73 Å². The molecule has 15 heavy (non-hydrogen) atoms. The van der Waals surface area contributed by atoms with Crippen molar-refractivity contribution in [3.63, 3.8) is 0 Å². The average Bonchev–Trinajstić information content (AvgIpc) is 2.29. The summed E-state index contributed by atoms with van der Waals surface area (Å²) in [7, 11) is 0. The van der Waals surface area contributed by atoms with Gasteiger partial charge >= 0.3 is 0 Å². The molecule has 0 atom stereocenters. The molecule has 76 valence electrons. The number of benzene rings is 1. The number of aryl methyl sites for hydroxylation is 1. The van der Waals surface area contributed by atoms with Gasteiger partial charge in [-0.05, 0) is 13.0 Å². The van der Waals surface area contributed by atoms with Gasteiger partial charge in [0.05, 0.1) is 0 Å². The second-order valence-corrected chi connectivity index (χ2v) is 3.49. The fourth-order valence-electron chi connectivity index (χ4n) is 1.39. The summed E-state index contributed by atoms with van der Waals surface area (Å²) in [6, 6.07) is 8.13. The minimum atomic E-state index is 0.480. The van der Waals surface area contributed by atoms with E-state index in [1.807, 2.05) is 12.1 Å². The quantitative estimate of drug-likeness (QED) is 0.803. The third-order valence-electron chi connectivity index (χ3n) is 2.22. The van der Waals surface area contributed by atoms with Crippen molar-refractivity contribution in [1.82, 2.24) is 9.97 Å². The van der Waals surface area contributed by atoms with E-state index < -0.39 is 0 Å². The van der Waals surface area contributed by atoms with Gasteiger partial charge in [-0.1, -0.05) is 23.8 Å². The zero-order chi connectivity index (χ0) is 10.7. The minimum absolute atomic E-state index is 0.480. The zero-order valence-electron chi connectivity index (χ0n) is 8.64. The maximum atomic E-state index is 5.48. The Labute approximate surface area is 89.0 Å². The second kappa shape index (κ2) is 4.19. The summed E-state index contributed by atoms with van der Waals surface area (Å²) in [5.41, 5.74) is 8.68. The SMILES string of the molecule is Cc1cccc(-c2ncc(CN)cn2)c1. The van der Waals surface area contributed by atoms with Gasteiger partial charge in [-0.25, -0.2) is 9.97 Å². The first-order valence-electron chi connectivity index (χ1n) is 4.87. The number of aromatic nitrogens is 2. The monoisotopic (exact) mass is 199 g/mol. The molecule has 0 aliphatic carbocycles. The standard InChI is InChI=1S/C12H13N3/c1-9-3-2-4-11(5-9)12-14-7-10(6-13)8-15-12/h2-5,7-8H,6,13H2,1H3. The first-order chi connectivity index (χ1) is 7.29. The molecule has 0 saturated heterocycles. The molecular weight excluding hydrogens is 186 g/mol. The molecule has 0 fully saturated rings.